The van der Waals surface area contributed by atoms with Gasteiger partial charge in [0.05, 0.1) is 0 Å². The third-order valence-corrected chi connectivity index (χ3v) is 3.03. The summed E-state index contributed by atoms with van der Waals surface area (Å²) in [5, 5.41) is 9.65. The van der Waals surface area contributed by atoms with Gasteiger partial charge in [0.15, 0.2) is 6.10 Å². The number of carbonyl (C=O) groups excluding carboxylic acids is 4. The molecule has 0 unspecified atom stereocenters. The summed E-state index contributed by atoms with van der Waals surface area (Å²) in [4.78, 5) is 45.0. The van der Waals surface area contributed by atoms with Crippen molar-refractivity contribution in [3.05, 3.63) is 0 Å². The number of carbonyl (C=O) groups is 4. The summed E-state index contributed by atoms with van der Waals surface area (Å²) in [6.07, 6.45) is -3.81. The minimum absolute atomic E-state index is 0.367. The number of hydrogen-bond donors (Lipinski definition) is 1. The lowest BCUT2D eigenvalue weighted by Gasteiger charge is -2.31. The third-order valence-electron chi connectivity index (χ3n) is 3.03. The van der Waals surface area contributed by atoms with Crippen LogP contribution >= 0.6 is 0 Å². The molecular weight excluding hydrogens is 328 g/mol. The van der Waals surface area contributed by atoms with Crippen molar-refractivity contribution in [2.75, 3.05) is 13.2 Å². The first-order valence-corrected chi connectivity index (χ1v) is 7.07. The zero-order valence-corrected chi connectivity index (χ0v) is 13.8. The summed E-state index contributed by atoms with van der Waals surface area (Å²) in [5.41, 5.74) is 0. The Morgan fingerprint density at radius 3 is 1.96 bits per heavy atom. The maximum absolute atomic E-state index is 11.4. The summed E-state index contributed by atoms with van der Waals surface area (Å²) in [6, 6.07) is 0. The molecule has 1 saturated heterocycles. The molecule has 136 valence electrons. The molecule has 1 aliphatic rings. The number of rotatable bonds is 6. The first-order valence-electron chi connectivity index (χ1n) is 7.07. The molecule has 0 aromatic heterocycles. The molecule has 10 heteroatoms. The smallest absolute Gasteiger partial charge is 0.305 e. The van der Waals surface area contributed by atoms with Gasteiger partial charge in [-0.05, 0) is 0 Å². The van der Waals surface area contributed by atoms with Gasteiger partial charge in [-0.1, -0.05) is 0 Å². The van der Waals surface area contributed by atoms with Crippen molar-refractivity contribution in [2.24, 2.45) is 0 Å². The average Bonchev–Trinajstić information content (AvgIpc) is 2.70. The second-order valence-corrected chi connectivity index (χ2v) is 5.13. The van der Waals surface area contributed by atoms with Crippen LogP contribution in [0.2, 0.25) is 0 Å². The first kappa shape index (κ1) is 19.8. The SMILES string of the molecule is CC(=O)OC[C@H]1O[C@@](CO)(OC(C)=O)[C@@H](OC(C)=O)[C@@H]1OC(C)=O. The Hall–Kier alpha value is -2.20. The van der Waals surface area contributed by atoms with Crippen LogP contribution in [-0.2, 0) is 42.9 Å². The van der Waals surface area contributed by atoms with Gasteiger partial charge in [0, 0.05) is 27.7 Å². The molecule has 4 atom stereocenters. The lowest BCUT2D eigenvalue weighted by molar-refractivity contribution is -0.267. The van der Waals surface area contributed by atoms with Crippen LogP contribution in [0, 0.1) is 0 Å². The van der Waals surface area contributed by atoms with E-state index in [1.54, 1.807) is 0 Å². The minimum atomic E-state index is -2.08. The van der Waals surface area contributed by atoms with Gasteiger partial charge in [0.1, 0.15) is 19.3 Å². The monoisotopic (exact) mass is 348 g/mol. The summed E-state index contributed by atoms with van der Waals surface area (Å²) in [5.74, 6) is -5.04. The zero-order chi connectivity index (χ0) is 18.5. The lowest BCUT2D eigenvalue weighted by Crippen LogP contribution is -2.52. The van der Waals surface area contributed by atoms with Gasteiger partial charge >= 0.3 is 23.9 Å². The van der Waals surface area contributed by atoms with Gasteiger partial charge in [-0.3, -0.25) is 19.2 Å². The molecule has 0 radical (unpaired) electrons. The van der Waals surface area contributed by atoms with E-state index in [1.165, 1.54) is 0 Å². The van der Waals surface area contributed by atoms with E-state index >= 15 is 0 Å². The van der Waals surface area contributed by atoms with Crippen molar-refractivity contribution in [1.29, 1.82) is 0 Å². The molecule has 0 aromatic carbocycles. The van der Waals surface area contributed by atoms with Gasteiger partial charge in [-0.15, -0.1) is 0 Å². The Bertz CT molecular complexity index is 516. The predicted molar refractivity (Wildman–Crippen MR) is 74.2 cm³/mol. The van der Waals surface area contributed by atoms with Gasteiger partial charge in [-0.2, -0.15) is 0 Å². The molecule has 0 amide bonds. The highest BCUT2D eigenvalue weighted by Gasteiger charge is 2.62. The molecule has 0 spiro atoms. The number of esters is 4. The normalized spacial score (nSPS) is 28.8. The van der Waals surface area contributed by atoms with Crippen LogP contribution in [0.3, 0.4) is 0 Å². The standard InChI is InChI=1S/C14H20O10/c1-7(16)20-5-11-12(21-8(2)17)13(22-9(3)18)14(6-15,24-11)23-10(4)19/h11-13,15H,5-6H2,1-4H3/t11-,12-,13+,14-/m1/s1. The number of hydrogen-bond acceptors (Lipinski definition) is 10. The summed E-state index contributed by atoms with van der Waals surface area (Å²) in [6.45, 7) is 3.17. The molecule has 0 bridgehead atoms. The van der Waals surface area contributed by atoms with Crippen molar-refractivity contribution in [1.82, 2.24) is 0 Å². The zero-order valence-electron chi connectivity index (χ0n) is 13.8. The van der Waals surface area contributed by atoms with Gasteiger partial charge in [0.2, 0.25) is 6.10 Å². The second-order valence-electron chi connectivity index (χ2n) is 5.13. The van der Waals surface area contributed by atoms with Crippen LogP contribution in [0.1, 0.15) is 27.7 Å². The molecule has 0 saturated carbocycles. The lowest BCUT2D eigenvalue weighted by atomic mass is 10.0. The molecule has 1 fully saturated rings. The highest BCUT2D eigenvalue weighted by molar-refractivity contribution is 5.69. The van der Waals surface area contributed by atoms with Gasteiger partial charge < -0.3 is 28.8 Å². The van der Waals surface area contributed by atoms with E-state index in [9.17, 15) is 24.3 Å². The number of aliphatic hydroxyl groups is 1. The molecule has 0 aromatic rings. The molecule has 1 rings (SSSR count). The Balaban J connectivity index is 3.20. The summed E-state index contributed by atoms with van der Waals surface area (Å²) in [7, 11) is 0. The Morgan fingerprint density at radius 2 is 1.54 bits per heavy atom. The van der Waals surface area contributed by atoms with Crippen molar-refractivity contribution < 1.29 is 48.0 Å². The largest absolute Gasteiger partial charge is 0.463 e. The van der Waals surface area contributed by atoms with E-state index in [0.29, 0.717) is 0 Å². The van der Waals surface area contributed by atoms with Gasteiger partial charge in [-0.25, -0.2) is 0 Å². The first-order chi connectivity index (χ1) is 11.1. The highest BCUT2D eigenvalue weighted by atomic mass is 16.8. The van der Waals surface area contributed by atoms with Crippen molar-refractivity contribution in [3.63, 3.8) is 0 Å². The van der Waals surface area contributed by atoms with E-state index < -0.39 is 54.6 Å². The molecular formula is C14H20O10. The molecule has 10 nitrogen and oxygen atoms in total. The minimum Gasteiger partial charge on any atom is -0.463 e. The maximum atomic E-state index is 11.4. The fourth-order valence-electron chi connectivity index (χ4n) is 2.31. The summed E-state index contributed by atoms with van der Waals surface area (Å²) < 4.78 is 25.4. The fraction of sp³-hybridized carbons (Fsp3) is 0.714. The Labute approximate surface area is 137 Å². The molecule has 1 heterocycles. The van der Waals surface area contributed by atoms with Crippen LogP contribution in [-0.4, -0.2) is 66.3 Å². The van der Waals surface area contributed by atoms with Crippen LogP contribution in [0.5, 0.6) is 0 Å². The summed E-state index contributed by atoms with van der Waals surface area (Å²) >= 11 is 0. The van der Waals surface area contributed by atoms with Crippen LogP contribution in [0.4, 0.5) is 0 Å². The highest BCUT2D eigenvalue weighted by Crippen LogP contribution is 2.37. The maximum Gasteiger partial charge on any atom is 0.305 e. The molecule has 24 heavy (non-hydrogen) atoms. The van der Waals surface area contributed by atoms with Crippen molar-refractivity contribution in [2.45, 2.75) is 51.8 Å². The Kier molecular flexibility index (Phi) is 6.67. The second kappa shape index (κ2) is 8.06. The number of aliphatic hydroxyl groups excluding tert-OH is 1. The van der Waals surface area contributed by atoms with Crippen LogP contribution in [0.15, 0.2) is 0 Å². The van der Waals surface area contributed by atoms with E-state index in [0.717, 1.165) is 27.7 Å². The van der Waals surface area contributed by atoms with Gasteiger partial charge in [0.25, 0.3) is 5.79 Å². The quantitative estimate of drug-likeness (QED) is 0.473. The number of ether oxygens (including phenoxy) is 5. The van der Waals surface area contributed by atoms with E-state index in [4.69, 9.17) is 23.7 Å². The topological polar surface area (TPSA) is 135 Å². The van der Waals surface area contributed by atoms with E-state index in [2.05, 4.69) is 0 Å². The molecule has 1 aliphatic heterocycles. The van der Waals surface area contributed by atoms with Crippen LogP contribution < -0.4 is 0 Å². The predicted octanol–water partition coefficient (Wildman–Crippen LogP) is -0.937. The van der Waals surface area contributed by atoms with Crippen molar-refractivity contribution in [3.8, 4) is 0 Å². The van der Waals surface area contributed by atoms with Crippen molar-refractivity contribution >= 4 is 23.9 Å². The molecule has 1 N–H and O–H groups in total. The van der Waals surface area contributed by atoms with Crippen LogP contribution in [0.25, 0.3) is 0 Å². The van der Waals surface area contributed by atoms with E-state index in [1.807, 2.05) is 0 Å². The Morgan fingerprint density at radius 1 is 0.958 bits per heavy atom. The third kappa shape index (κ3) is 4.90. The average molecular weight is 348 g/mol. The molecule has 0 aliphatic carbocycles. The fourth-order valence-corrected chi connectivity index (χ4v) is 2.31. The van der Waals surface area contributed by atoms with E-state index in [-0.39, 0.29) is 6.61 Å².